The van der Waals surface area contributed by atoms with E-state index in [2.05, 4.69) is 25.6 Å². The third-order valence-corrected chi connectivity index (χ3v) is 3.94. The van der Waals surface area contributed by atoms with Gasteiger partial charge in [-0.3, -0.25) is 0 Å². The van der Waals surface area contributed by atoms with Gasteiger partial charge >= 0.3 is 0 Å². The number of hydrogen-bond donors (Lipinski definition) is 2. The van der Waals surface area contributed by atoms with E-state index in [4.69, 9.17) is 5.73 Å². The average molecular weight is 285 g/mol. The Morgan fingerprint density at radius 2 is 2.05 bits per heavy atom. The van der Waals surface area contributed by atoms with E-state index in [9.17, 15) is 0 Å². The molecular weight excluding hydrogens is 270 g/mol. The van der Waals surface area contributed by atoms with Crippen molar-refractivity contribution in [1.29, 1.82) is 0 Å². The van der Waals surface area contributed by atoms with Crippen LogP contribution in [0.3, 0.4) is 0 Å². The molecule has 0 saturated heterocycles. The predicted octanol–water partition coefficient (Wildman–Crippen LogP) is 2.63. The van der Waals surface area contributed by atoms with Gasteiger partial charge in [0.15, 0.2) is 0 Å². The fourth-order valence-corrected chi connectivity index (χ4v) is 2.81. The van der Waals surface area contributed by atoms with E-state index in [1.807, 2.05) is 31.2 Å². The second-order valence-electron chi connectivity index (χ2n) is 4.51. The van der Waals surface area contributed by atoms with Crippen molar-refractivity contribution >= 4 is 34.0 Å². The quantitative estimate of drug-likeness (QED) is 0.770. The van der Waals surface area contributed by atoms with E-state index in [1.54, 1.807) is 11.3 Å². The normalized spacial score (nSPS) is 10.8. The molecule has 6 heteroatoms. The van der Waals surface area contributed by atoms with Crippen molar-refractivity contribution < 1.29 is 0 Å². The molecule has 2 heterocycles. The SMILES string of the molecule is Cc1csc(CCNc2nc(N)nc3ccccc23)n1. The minimum absolute atomic E-state index is 0.288. The van der Waals surface area contributed by atoms with Crippen molar-refractivity contribution in [2.45, 2.75) is 13.3 Å². The van der Waals surface area contributed by atoms with Gasteiger partial charge in [-0.15, -0.1) is 11.3 Å². The molecule has 0 radical (unpaired) electrons. The van der Waals surface area contributed by atoms with Gasteiger partial charge in [0.2, 0.25) is 5.95 Å². The number of para-hydroxylation sites is 1. The summed E-state index contributed by atoms with van der Waals surface area (Å²) in [4.78, 5) is 12.9. The second kappa shape index (κ2) is 5.42. The topological polar surface area (TPSA) is 76.7 Å². The molecule has 5 nitrogen and oxygen atoms in total. The summed E-state index contributed by atoms with van der Waals surface area (Å²) in [5.74, 6) is 1.07. The van der Waals surface area contributed by atoms with Crippen molar-refractivity contribution in [3.8, 4) is 0 Å². The Labute approximate surface area is 120 Å². The van der Waals surface area contributed by atoms with Gasteiger partial charge in [0.05, 0.1) is 10.5 Å². The van der Waals surface area contributed by atoms with Crippen molar-refractivity contribution in [2.24, 2.45) is 0 Å². The number of anilines is 2. The highest BCUT2D eigenvalue weighted by atomic mass is 32.1. The lowest BCUT2D eigenvalue weighted by Gasteiger charge is -2.08. The van der Waals surface area contributed by atoms with Gasteiger partial charge in [-0.05, 0) is 19.1 Å². The van der Waals surface area contributed by atoms with Crippen LogP contribution in [0.4, 0.5) is 11.8 Å². The van der Waals surface area contributed by atoms with Gasteiger partial charge in [-0.25, -0.2) is 9.97 Å². The summed E-state index contributed by atoms with van der Waals surface area (Å²) in [7, 11) is 0. The number of nitrogens with one attached hydrogen (secondary N) is 1. The monoisotopic (exact) mass is 285 g/mol. The molecule has 3 rings (SSSR count). The average Bonchev–Trinajstić information content (AvgIpc) is 2.84. The Balaban J connectivity index is 1.77. The number of rotatable bonds is 4. The summed E-state index contributed by atoms with van der Waals surface area (Å²) in [5.41, 5.74) is 7.66. The van der Waals surface area contributed by atoms with Crippen LogP contribution >= 0.6 is 11.3 Å². The largest absolute Gasteiger partial charge is 0.369 e. The molecular formula is C14H15N5S. The first kappa shape index (κ1) is 12.8. The van der Waals surface area contributed by atoms with Crippen LogP contribution in [-0.2, 0) is 6.42 Å². The highest BCUT2D eigenvalue weighted by Gasteiger charge is 2.05. The standard InChI is InChI=1S/C14H15N5S/c1-9-8-20-12(17-9)6-7-16-13-10-4-2-3-5-11(10)18-14(15)19-13/h2-5,8H,6-7H2,1H3,(H3,15,16,18,19). The first-order chi connectivity index (χ1) is 9.72. The molecule has 0 atom stereocenters. The summed E-state index contributed by atoms with van der Waals surface area (Å²) >= 11 is 1.68. The Morgan fingerprint density at radius 3 is 2.85 bits per heavy atom. The second-order valence-corrected chi connectivity index (χ2v) is 5.45. The third-order valence-electron chi connectivity index (χ3n) is 2.92. The van der Waals surface area contributed by atoms with Gasteiger partial charge in [0, 0.05) is 29.4 Å². The van der Waals surface area contributed by atoms with E-state index in [-0.39, 0.29) is 5.95 Å². The molecule has 0 unspecified atom stereocenters. The molecule has 0 spiro atoms. The number of aromatic nitrogens is 3. The molecule has 0 fully saturated rings. The Bertz CT molecular complexity index is 737. The van der Waals surface area contributed by atoms with Gasteiger partial charge in [0.25, 0.3) is 0 Å². The number of nitrogen functional groups attached to an aromatic ring is 1. The number of aryl methyl sites for hydroxylation is 1. The summed E-state index contributed by atoms with van der Waals surface area (Å²) < 4.78 is 0. The van der Waals surface area contributed by atoms with Crippen LogP contribution in [0.2, 0.25) is 0 Å². The zero-order valence-electron chi connectivity index (χ0n) is 11.1. The molecule has 0 amide bonds. The van der Waals surface area contributed by atoms with Crippen LogP contribution < -0.4 is 11.1 Å². The molecule has 0 bridgehead atoms. The zero-order valence-corrected chi connectivity index (χ0v) is 11.9. The molecule has 0 aliphatic rings. The molecule has 0 aliphatic carbocycles. The highest BCUT2D eigenvalue weighted by molar-refractivity contribution is 7.09. The van der Waals surface area contributed by atoms with Crippen LogP contribution in [0.5, 0.6) is 0 Å². The van der Waals surface area contributed by atoms with Crippen LogP contribution in [0.1, 0.15) is 10.7 Å². The molecule has 0 saturated carbocycles. The molecule has 102 valence electrons. The maximum atomic E-state index is 5.74. The summed E-state index contributed by atoms with van der Waals surface area (Å²) in [5, 5.41) is 7.49. The van der Waals surface area contributed by atoms with E-state index in [0.717, 1.165) is 40.4 Å². The number of fused-ring (bicyclic) bond motifs is 1. The number of thiazole rings is 1. The summed E-state index contributed by atoms with van der Waals surface area (Å²) in [6.07, 6.45) is 0.872. The molecule has 20 heavy (non-hydrogen) atoms. The first-order valence-corrected chi connectivity index (χ1v) is 7.27. The number of hydrogen-bond acceptors (Lipinski definition) is 6. The molecule has 2 aromatic heterocycles. The summed E-state index contributed by atoms with van der Waals surface area (Å²) in [6, 6.07) is 7.83. The van der Waals surface area contributed by atoms with Crippen molar-refractivity contribution in [3.05, 3.63) is 40.3 Å². The van der Waals surface area contributed by atoms with Crippen LogP contribution in [0, 0.1) is 6.92 Å². The van der Waals surface area contributed by atoms with Gasteiger partial charge in [-0.2, -0.15) is 4.98 Å². The lowest BCUT2D eigenvalue weighted by Crippen LogP contribution is -2.08. The van der Waals surface area contributed by atoms with Crippen LogP contribution in [0.25, 0.3) is 10.9 Å². The lowest BCUT2D eigenvalue weighted by molar-refractivity contribution is 0.979. The number of nitrogens with zero attached hydrogens (tertiary/aromatic N) is 3. The van der Waals surface area contributed by atoms with Crippen LogP contribution in [0.15, 0.2) is 29.6 Å². The van der Waals surface area contributed by atoms with Gasteiger partial charge in [0.1, 0.15) is 5.82 Å². The Hall–Kier alpha value is -2.21. The maximum absolute atomic E-state index is 5.74. The predicted molar refractivity (Wildman–Crippen MR) is 83.0 cm³/mol. The fraction of sp³-hybridized carbons (Fsp3) is 0.214. The smallest absolute Gasteiger partial charge is 0.222 e. The minimum atomic E-state index is 0.288. The van der Waals surface area contributed by atoms with Crippen LogP contribution in [-0.4, -0.2) is 21.5 Å². The fourth-order valence-electron chi connectivity index (χ4n) is 2.03. The van der Waals surface area contributed by atoms with E-state index in [1.165, 1.54) is 0 Å². The molecule has 3 aromatic rings. The van der Waals surface area contributed by atoms with Gasteiger partial charge in [-0.1, -0.05) is 12.1 Å². The van der Waals surface area contributed by atoms with Crippen molar-refractivity contribution in [1.82, 2.24) is 15.0 Å². The van der Waals surface area contributed by atoms with Crippen molar-refractivity contribution in [2.75, 3.05) is 17.6 Å². The Kier molecular flexibility index (Phi) is 3.47. The third kappa shape index (κ3) is 2.70. The summed E-state index contributed by atoms with van der Waals surface area (Å²) in [6.45, 7) is 2.78. The number of nitrogens with two attached hydrogens (primary N) is 1. The Morgan fingerprint density at radius 1 is 1.20 bits per heavy atom. The zero-order chi connectivity index (χ0) is 13.9. The minimum Gasteiger partial charge on any atom is -0.369 e. The first-order valence-electron chi connectivity index (χ1n) is 6.39. The van der Waals surface area contributed by atoms with E-state index >= 15 is 0 Å². The number of benzene rings is 1. The van der Waals surface area contributed by atoms with Crippen molar-refractivity contribution in [3.63, 3.8) is 0 Å². The molecule has 0 aliphatic heterocycles. The van der Waals surface area contributed by atoms with Gasteiger partial charge < -0.3 is 11.1 Å². The van der Waals surface area contributed by atoms with E-state index < -0.39 is 0 Å². The maximum Gasteiger partial charge on any atom is 0.222 e. The molecule has 1 aromatic carbocycles. The van der Waals surface area contributed by atoms with E-state index in [0.29, 0.717) is 0 Å². The lowest BCUT2D eigenvalue weighted by atomic mass is 10.2. The molecule has 3 N–H and O–H groups in total. The highest BCUT2D eigenvalue weighted by Crippen LogP contribution is 2.20.